The van der Waals surface area contributed by atoms with Gasteiger partial charge in [0.25, 0.3) is 5.91 Å². The summed E-state index contributed by atoms with van der Waals surface area (Å²) >= 11 is 2.70. The summed E-state index contributed by atoms with van der Waals surface area (Å²) in [7, 11) is 3.06. The second kappa shape index (κ2) is 11.1. The highest BCUT2D eigenvalue weighted by molar-refractivity contribution is 8.00. The minimum absolute atomic E-state index is 0.0319. The zero-order valence-electron chi connectivity index (χ0n) is 21.9. The minimum Gasteiger partial charge on any atom is -0.503 e. The minimum atomic E-state index is -0.976. The number of para-hydroxylation sites is 1. The Hall–Kier alpha value is -4.61. The van der Waals surface area contributed by atoms with Gasteiger partial charge < -0.3 is 19.0 Å². The van der Waals surface area contributed by atoms with E-state index < -0.39 is 23.5 Å². The number of hydrogen-bond acceptors (Lipinski definition) is 10. The number of rotatable bonds is 9. The maximum Gasteiger partial charge on any atom is 0.296 e. The van der Waals surface area contributed by atoms with Crippen molar-refractivity contribution in [1.82, 2.24) is 10.2 Å². The molecule has 1 N–H and O–H groups in total. The highest BCUT2D eigenvalue weighted by Crippen LogP contribution is 2.44. The molecule has 2 aromatic heterocycles. The number of carbonyl (C=O) groups excluding carboxylic acids is 2. The molecule has 1 atom stereocenters. The molecule has 9 nitrogen and oxygen atoms in total. The van der Waals surface area contributed by atoms with E-state index in [1.54, 1.807) is 55.6 Å². The zero-order valence-corrected chi connectivity index (χ0v) is 23.6. The van der Waals surface area contributed by atoms with Crippen molar-refractivity contribution in [2.45, 2.75) is 16.1 Å². The fourth-order valence-corrected chi connectivity index (χ4v) is 6.48. The van der Waals surface area contributed by atoms with Gasteiger partial charge in [-0.15, -0.1) is 10.2 Å². The quantitative estimate of drug-likeness (QED) is 0.120. The Kier molecular flexibility index (Phi) is 7.21. The van der Waals surface area contributed by atoms with Gasteiger partial charge in [-0.3, -0.25) is 14.5 Å². The van der Waals surface area contributed by atoms with Crippen LogP contribution in [0.2, 0.25) is 0 Å². The standard InChI is InChI=1S/C30H23N3O6S2/c1-37-20-13-11-18(12-14-20)24-23(25(34)22-15-19-9-6-10-21(38-2)27(19)39-22)26(35)28(36)33(24)29-31-32-30(41-29)40-16-17-7-4-3-5-8-17/h3-15,24,35H,16H2,1-2H3. The van der Waals surface area contributed by atoms with Crippen LogP contribution in [0.3, 0.4) is 0 Å². The Morgan fingerprint density at radius 1 is 1.02 bits per heavy atom. The van der Waals surface area contributed by atoms with Gasteiger partial charge in [0.05, 0.1) is 25.8 Å². The third-order valence-corrected chi connectivity index (χ3v) is 8.77. The first-order valence-electron chi connectivity index (χ1n) is 12.5. The second-order valence-corrected chi connectivity index (χ2v) is 11.2. The van der Waals surface area contributed by atoms with E-state index in [0.29, 0.717) is 38.1 Å². The van der Waals surface area contributed by atoms with Crippen LogP contribution >= 0.6 is 23.1 Å². The number of aliphatic hydroxyl groups is 1. The number of hydrogen-bond donors (Lipinski definition) is 1. The number of benzene rings is 3. The number of fused-ring (bicyclic) bond motifs is 1. The van der Waals surface area contributed by atoms with E-state index >= 15 is 0 Å². The van der Waals surface area contributed by atoms with Crippen LogP contribution < -0.4 is 14.4 Å². The fourth-order valence-electron chi connectivity index (χ4n) is 4.66. The van der Waals surface area contributed by atoms with Crippen LogP contribution in [0.5, 0.6) is 11.5 Å². The number of thioether (sulfide) groups is 1. The van der Waals surface area contributed by atoms with Gasteiger partial charge in [0.1, 0.15) is 5.75 Å². The molecule has 1 aliphatic heterocycles. The van der Waals surface area contributed by atoms with Crippen molar-refractivity contribution in [3.63, 3.8) is 0 Å². The molecule has 3 heterocycles. The lowest BCUT2D eigenvalue weighted by atomic mass is 9.95. The van der Waals surface area contributed by atoms with E-state index in [0.717, 1.165) is 5.56 Å². The molecule has 3 aromatic carbocycles. The largest absolute Gasteiger partial charge is 0.503 e. The van der Waals surface area contributed by atoms with E-state index in [-0.39, 0.29) is 16.5 Å². The van der Waals surface area contributed by atoms with Crippen molar-refractivity contribution in [3.05, 3.63) is 107 Å². The number of ketones is 1. The predicted molar refractivity (Wildman–Crippen MR) is 156 cm³/mol. The summed E-state index contributed by atoms with van der Waals surface area (Å²) < 4.78 is 17.2. The van der Waals surface area contributed by atoms with Gasteiger partial charge in [-0.2, -0.15) is 0 Å². The topological polar surface area (TPSA) is 115 Å². The molecule has 206 valence electrons. The van der Waals surface area contributed by atoms with Crippen molar-refractivity contribution in [2.75, 3.05) is 19.1 Å². The summed E-state index contributed by atoms with van der Waals surface area (Å²) in [6.07, 6.45) is 0. The number of methoxy groups -OCH3 is 2. The van der Waals surface area contributed by atoms with Crippen LogP contribution in [0.15, 0.2) is 99.0 Å². The fraction of sp³-hybridized carbons (Fsp3) is 0.133. The smallest absolute Gasteiger partial charge is 0.296 e. The van der Waals surface area contributed by atoms with Crippen LogP contribution in [-0.2, 0) is 10.5 Å². The number of aliphatic hydroxyl groups excluding tert-OH is 1. The van der Waals surface area contributed by atoms with Crippen molar-refractivity contribution >= 4 is 50.9 Å². The molecule has 1 unspecified atom stereocenters. The SMILES string of the molecule is COc1ccc(C2C(C(=O)c3cc4cccc(OC)c4o3)=C(O)C(=O)N2c2nnc(SCc3ccccc3)s2)cc1. The Morgan fingerprint density at radius 3 is 2.54 bits per heavy atom. The van der Waals surface area contributed by atoms with E-state index in [1.165, 1.54) is 35.1 Å². The van der Waals surface area contributed by atoms with Gasteiger partial charge in [0, 0.05) is 11.1 Å². The Labute approximate surface area is 243 Å². The van der Waals surface area contributed by atoms with Gasteiger partial charge >= 0.3 is 0 Å². The van der Waals surface area contributed by atoms with E-state index in [4.69, 9.17) is 13.9 Å². The average Bonchev–Trinajstić information content (AvgIpc) is 3.73. The molecule has 0 saturated heterocycles. The van der Waals surface area contributed by atoms with Crippen molar-refractivity contribution in [1.29, 1.82) is 0 Å². The maximum absolute atomic E-state index is 13.9. The molecule has 0 aliphatic carbocycles. The maximum atomic E-state index is 13.9. The third kappa shape index (κ3) is 4.94. The average molecular weight is 586 g/mol. The molecule has 1 amide bonds. The van der Waals surface area contributed by atoms with E-state index in [9.17, 15) is 14.7 Å². The van der Waals surface area contributed by atoms with Crippen LogP contribution in [0, 0.1) is 0 Å². The van der Waals surface area contributed by atoms with Crippen LogP contribution in [0.1, 0.15) is 27.7 Å². The second-order valence-electron chi connectivity index (χ2n) is 9.06. The van der Waals surface area contributed by atoms with Gasteiger partial charge in [-0.1, -0.05) is 77.7 Å². The van der Waals surface area contributed by atoms with Gasteiger partial charge in [0.15, 0.2) is 27.2 Å². The molecule has 0 fully saturated rings. The lowest BCUT2D eigenvalue weighted by Crippen LogP contribution is -2.31. The summed E-state index contributed by atoms with van der Waals surface area (Å²) in [6.45, 7) is 0. The summed E-state index contributed by atoms with van der Waals surface area (Å²) in [5.41, 5.74) is 1.97. The van der Waals surface area contributed by atoms with E-state index in [2.05, 4.69) is 10.2 Å². The highest BCUT2D eigenvalue weighted by atomic mass is 32.2. The van der Waals surface area contributed by atoms with Crippen molar-refractivity contribution < 1.29 is 28.6 Å². The molecule has 11 heteroatoms. The van der Waals surface area contributed by atoms with Gasteiger partial charge in [0.2, 0.25) is 10.9 Å². The molecular weight excluding hydrogens is 562 g/mol. The number of furan rings is 1. The number of carbonyl (C=O) groups is 2. The molecule has 0 saturated carbocycles. The lowest BCUT2D eigenvalue weighted by Gasteiger charge is -2.24. The lowest BCUT2D eigenvalue weighted by molar-refractivity contribution is -0.117. The van der Waals surface area contributed by atoms with Gasteiger partial charge in [-0.25, -0.2) is 0 Å². The Bertz CT molecular complexity index is 1780. The Morgan fingerprint density at radius 2 is 1.80 bits per heavy atom. The normalized spacial score (nSPS) is 15.1. The van der Waals surface area contributed by atoms with Crippen LogP contribution in [0.4, 0.5) is 5.13 Å². The highest BCUT2D eigenvalue weighted by Gasteiger charge is 2.47. The number of ether oxygens (including phenoxy) is 2. The Balaban J connectivity index is 1.38. The summed E-state index contributed by atoms with van der Waals surface area (Å²) in [4.78, 5) is 28.8. The number of anilines is 1. The summed E-state index contributed by atoms with van der Waals surface area (Å²) in [5.74, 6) is -0.337. The first-order chi connectivity index (χ1) is 20.0. The van der Waals surface area contributed by atoms with E-state index in [1.807, 2.05) is 30.3 Å². The molecule has 6 rings (SSSR count). The first-order valence-corrected chi connectivity index (χ1v) is 14.3. The monoisotopic (exact) mass is 585 g/mol. The van der Waals surface area contributed by atoms with Gasteiger partial charge in [-0.05, 0) is 35.4 Å². The molecule has 0 radical (unpaired) electrons. The number of amides is 1. The summed E-state index contributed by atoms with van der Waals surface area (Å²) in [6, 6.07) is 22.7. The number of nitrogens with zero attached hydrogens (tertiary/aromatic N) is 3. The van der Waals surface area contributed by atoms with Crippen LogP contribution in [-0.4, -0.2) is 41.2 Å². The predicted octanol–water partition coefficient (Wildman–Crippen LogP) is 6.38. The number of aromatic nitrogens is 2. The third-order valence-electron chi connectivity index (χ3n) is 6.64. The zero-order chi connectivity index (χ0) is 28.5. The molecular formula is C30H23N3O6S2. The summed E-state index contributed by atoms with van der Waals surface area (Å²) in [5, 5.41) is 20.6. The molecule has 0 bridgehead atoms. The van der Waals surface area contributed by atoms with Crippen molar-refractivity contribution in [3.8, 4) is 11.5 Å². The number of Topliss-reactive ketones (excluding diaryl/α,β-unsaturated/α-hetero) is 1. The first kappa shape index (κ1) is 26.6. The molecule has 5 aromatic rings. The molecule has 0 spiro atoms. The molecule has 1 aliphatic rings. The van der Waals surface area contributed by atoms with Crippen molar-refractivity contribution in [2.24, 2.45) is 0 Å². The molecule has 41 heavy (non-hydrogen) atoms. The van der Waals surface area contributed by atoms with Crippen LogP contribution in [0.25, 0.3) is 11.0 Å².